The van der Waals surface area contributed by atoms with Gasteiger partial charge in [0.05, 0.1) is 12.5 Å². The molecule has 19 heavy (non-hydrogen) atoms. The average molecular weight is 261 g/mol. The number of rotatable bonds is 3. The Kier molecular flexibility index (Phi) is 3.66. The second-order valence-electron chi connectivity index (χ2n) is 5.79. The molecule has 0 saturated carbocycles. The lowest BCUT2D eigenvalue weighted by atomic mass is 9.87. The Bertz CT molecular complexity index is 558. The minimum absolute atomic E-state index is 0.207. The van der Waals surface area contributed by atoms with E-state index in [0.717, 1.165) is 11.1 Å². The zero-order valence-electron chi connectivity index (χ0n) is 11.7. The molecule has 102 valence electrons. The fourth-order valence-corrected chi connectivity index (χ4v) is 1.64. The molecule has 2 rings (SSSR count). The van der Waals surface area contributed by atoms with Crippen molar-refractivity contribution in [3.8, 4) is 11.4 Å². The first kappa shape index (κ1) is 13.7. The molecule has 0 radical (unpaired) electrons. The van der Waals surface area contributed by atoms with E-state index in [4.69, 9.17) is 4.52 Å². The van der Waals surface area contributed by atoms with E-state index in [1.54, 1.807) is 12.4 Å². The summed E-state index contributed by atoms with van der Waals surface area (Å²) in [6.07, 6.45) is 3.30. The van der Waals surface area contributed by atoms with Crippen LogP contribution in [-0.4, -0.2) is 26.3 Å². The van der Waals surface area contributed by atoms with Gasteiger partial charge in [-0.1, -0.05) is 25.9 Å². The van der Waals surface area contributed by atoms with E-state index in [1.807, 2.05) is 33.8 Å². The molecule has 2 aromatic heterocycles. The number of pyridine rings is 1. The first-order valence-corrected chi connectivity index (χ1v) is 6.29. The van der Waals surface area contributed by atoms with Crippen molar-refractivity contribution < 1.29 is 9.63 Å². The third-order valence-electron chi connectivity index (χ3n) is 3.10. The number of nitrogens with zero attached hydrogens (tertiary/aromatic N) is 3. The molecule has 5 heteroatoms. The Morgan fingerprint density at radius 2 is 2.11 bits per heavy atom. The Morgan fingerprint density at radius 3 is 2.74 bits per heavy atom. The number of aromatic nitrogens is 3. The lowest BCUT2D eigenvalue weighted by Gasteiger charge is -2.24. The SMILES string of the molecule is Cc1cnccc1-c1noc(CC(O)C(C)(C)C)n1. The molecule has 0 aliphatic carbocycles. The summed E-state index contributed by atoms with van der Waals surface area (Å²) in [5.74, 6) is 0.990. The predicted molar refractivity (Wildman–Crippen MR) is 71.4 cm³/mol. The Hall–Kier alpha value is -1.75. The van der Waals surface area contributed by atoms with Crippen molar-refractivity contribution in [2.24, 2.45) is 5.41 Å². The molecule has 2 heterocycles. The average Bonchev–Trinajstić information content (AvgIpc) is 2.76. The summed E-state index contributed by atoms with van der Waals surface area (Å²) in [5.41, 5.74) is 1.68. The van der Waals surface area contributed by atoms with Gasteiger partial charge in [-0.05, 0) is 24.0 Å². The second-order valence-corrected chi connectivity index (χ2v) is 5.79. The minimum atomic E-state index is -0.515. The summed E-state index contributed by atoms with van der Waals surface area (Å²) < 4.78 is 5.20. The molecule has 2 aromatic rings. The van der Waals surface area contributed by atoms with Crippen LogP contribution < -0.4 is 0 Å². The quantitative estimate of drug-likeness (QED) is 0.918. The van der Waals surface area contributed by atoms with Crippen molar-refractivity contribution in [1.82, 2.24) is 15.1 Å². The zero-order chi connectivity index (χ0) is 14.0. The highest BCUT2D eigenvalue weighted by atomic mass is 16.5. The Morgan fingerprint density at radius 1 is 1.37 bits per heavy atom. The molecule has 0 amide bonds. The molecule has 1 N–H and O–H groups in total. The third-order valence-corrected chi connectivity index (χ3v) is 3.10. The summed E-state index contributed by atoms with van der Waals surface area (Å²) >= 11 is 0. The van der Waals surface area contributed by atoms with E-state index >= 15 is 0 Å². The van der Waals surface area contributed by atoms with Crippen LogP contribution in [0.2, 0.25) is 0 Å². The van der Waals surface area contributed by atoms with Crippen LogP contribution in [0.3, 0.4) is 0 Å². The monoisotopic (exact) mass is 261 g/mol. The number of aliphatic hydroxyl groups excluding tert-OH is 1. The van der Waals surface area contributed by atoms with E-state index in [0.29, 0.717) is 18.1 Å². The predicted octanol–water partition coefficient (Wildman–Crippen LogP) is 2.39. The van der Waals surface area contributed by atoms with Crippen LogP contribution in [0, 0.1) is 12.3 Å². The maximum Gasteiger partial charge on any atom is 0.229 e. The van der Waals surface area contributed by atoms with Crippen LogP contribution in [0.4, 0.5) is 0 Å². The molecule has 0 spiro atoms. The van der Waals surface area contributed by atoms with Gasteiger partial charge in [0, 0.05) is 18.0 Å². The first-order chi connectivity index (χ1) is 8.88. The fraction of sp³-hybridized carbons (Fsp3) is 0.500. The number of aryl methyl sites for hydroxylation is 1. The van der Waals surface area contributed by atoms with Crippen LogP contribution >= 0.6 is 0 Å². The molecule has 0 aromatic carbocycles. The van der Waals surface area contributed by atoms with Crippen molar-refractivity contribution in [3.05, 3.63) is 29.9 Å². The summed E-state index contributed by atoms with van der Waals surface area (Å²) in [4.78, 5) is 8.36. The molecule has 0 bridgehead atoms. The molecule has 5 nitrogen and oxygen atoms in total. The third kappa shape index (κ3) is 3.17. The van der Waals surface area contributed by atoms with Crippen molar-refractivity contribution in [2.75, 3.05) is 0 Å². The van der Waals surface area contributed by atoms with Crippen molar-refractivity contribution in [1.29, 1.82) is 0 Å². The molecular weight excluding hydrogens is 242 g/mol. The highest BCUT2D eigenvalue weighted by Gasteiger charge is 2.25. The first-order valence-electron chi connectivity index (χ1n) is 6.29. The minimum Gasteiger partial charge on any atom is -0.392 e. The van der Waals surface area contributed by atoms with Crippen LogP contribution in [0.1, 0.15) is 32.2 Å². The van der Waals surface area contributed by atoms with Gasteiger partial charge in [-0.2, -0.15) is 4.98 Å². The van der Waals surface area contributed by atoms with E-state index in [2.05, 4.69) is 15.1 Å². The molecule has 0 aliphatic rings. The van der Waals surface area contributed by atoms with E-state index < -0.39 is 6.10 Å². The molecule has 1 unspecified atom stereocenters. The molecule has 1 atom stereocenters. The summed E-state index contributed by atoms with van der Waals surface area (Å²) in [7, 11) is 0. The van der Waals surface area contributed by atoms with Crippen molar-refractivity contribution in [3.63, 3.8) is 0 Å². The van der Waals surface area contributed by atoms with E-state index in [1.165, 1.54) is 0 Å². The topological polar surface area (TPSA) is 72.0 Å². The standard InChI is InChI=1S/C14H19N3O2/c1-9-8-15-6-5-10(9)13-16-12(19-17-13)7-11(18)14(2,3)4/h5-6,8,11,18H,7H2,1-4H3. The second kappa shape index (κ2) is 5.09. The molecule has 0 saturated heterocycles. The van der Waals surface area contributed by atoms with Gasteiger partial charge in [0.2, 0.25) is 11.7 Å². The largest absolute Gasteiger partial charge is 0.392 e. The van der Waals surface area contributed by atoms with Gasteiger partial charge in [0.25, 0.3) is 0 Å². The van der Waals surface area contributed by atoms with Crippen LogP contribution in [-0.2, 0) is 6.42 Å². The van der Waals surface area contributed by atoms with Gasteiger partial charge in [-0.3, -0.25) is 4.98 Å². The summed E-state index contributed by atoms with van der Waals surface area (Å²) in [6.45, 7) is 7.87. The number of aliphatic hydroxyl groups is 1. The highest BCUT2D eigenvalue weighted by molar-refractivity contribution is 5.57. The normalized spacial score (nSPS) is 13.5. The van der Waals surface area contributed by atoms with Gasteiger partial charge >= 0.3 is 0 Å². The lowest BCUT2D eigenvalue weighted by Crippen LogP contribution is -2.28. The fourth-order valence-electron chi connectivity index (χ4n) is 1.64. The zero-order valence-corrected chi connectivity index (χ0v) is 11.7. The smallest absolute Gasteiger partial charge is 0.229 e. The van der Waals surface area contributed by atoms with Crippen molar-refractivity contribution in [2.45, 2.75) is 40.2 Å². The number of hydrogen-bond donors (Lipinski definition) is 1. The maximum atomic E-state index is 10.0. The molecular formula is C14H19N3O2. The molecule has 0 fully saturated rings. The van der Waals surface area contributed by atoms with Crippen LogP contribution in [0.15, 0.2) is 23.0 Å². The number of hydrogen-bond acceptors (Lipinski definition) is 5. The Balaban J connectivity index is 2.19. The van der Waals surface area contributed by atoms with E-state index in [9.17, 15) is 5.11 Å². The maximum absolute atomic E-state index is 10.0. The Labute approximate surface area is 112 Å². The van der Waals surface area contributed by atoms with Crippen molar-refractivity contribution >= 4 is 0 Å². The molecule has 0 aliphatic heterocycles. The lowest BCUT2D eigenvalue weighted by molar-refractivity contribution is 0.0565. The highest BCUT2D eigenvalue weighted by Crippen LogP contribution is 2.23. The van der Waals surface area contributed by atoms with Crippen LogP contribution in [0.25, 0.3) is 11.4 Å². The summed E-state index contributed by atoms with van der Waals surface area (Å²) in [5, 5.41) is 14.0. The van der Waals surface area contributed by atoms with Gasteiger partial charge in [-0.15, -0.1) is 0 Å². The van der Waals surface area contributed by atoms with Gasteiger partial charge in [0.15, 0.2) is 0 Å². The van der Waals surface area contributed by atoms with E-state index in [-0.39, 0.29) is 5.41 Å². The van der Waals surface area contributed by atoms with Gasteiger partial charge in [-0.25, -0.2) is 0 Å². The van der Waals surface area contributed by atoms with Gasteiger partial charge < -0.3 is 9.63 Å². The summed E-state index contributed by atoms with van der Waals surface area (Å²) in [6, 6.07) is 1.85. The van der Waals surface area contributed by atoms with Crippen LogP contribution in [0.5, 0.6) is 0 Å². The van der Waals surface area contributed by atoms with Gasteiger partial charge in [0.1, 0.15) is 0 Å².